The Bertz CT molecular complexity index is 457. The molecule has 0 radical (unpaired) electrons. The minimum atomic E-state index is 0.704. The normalized spacial score (nSPS) is 10.5. The largest absolute Gasteiger partial charge is 0.462 e. The predicted molar refractivity (Wildman–Crippen MR) is 58.6 cm³/mol. The number of hydrogen-bond acceptors (Lipinski definition) is 1. The van der Waals surface area contributed by atoms with E-state index < -0.39 is 0 Å². The van der Waals surface area contributed by atoms with E-state index in [-0.39, 0.29) is 0 Å². The Morgan fingerprint density at radius 2 is 2.00 bits per heavy atom. The van der Waals surface area contributed by atoms with Gasteiger partial charge in [0.25, 0.3) is 0 Å². The lowest BCUT2D eigenvalue weighted by atomic mass is 10.1. The van der Waals surface area contributed by atoms with Crippen molar-refractivity contribution in [2.75, 3.05) is 0 Å². The Morgan fingerprint density at radius 3 is 2.57 bits per heavy atom. The lowest BCUT2D eigenvalue weighted by Gasteiger charge is -1.99. The molecule has 1 aromatic heterocycles. The molecule has 1 heterocycles. The quantitative estimate of drug-likeness (QED) is 0.681. The van der Waals surface area contributed by atoms with Crippen LogP contribution < -0.4 is 0 Å². The van der Waals surface area contributed by atoms with E-state index >= 15 is 0 Å². The van der Waals surface area contributed by atoms with E-state index in [1.165, 1.54) is 5.56 Å². The zero-order chi connectivity index (χ0) is 10.1. The maximum absolute atomic E-state index is 6.10. The zero-order valence-electron chi connectivity index (χ0n) is 8.17. The van der Waals surface area contributed by atoms with E-state index in [2.05, 4.69) is 6.07 Å². The minimum absolute atomic E-state index is 0.704. The topological polar surface area (TPSA) is 13.1 Å². The van der Waals surface area contributed by atoms with Gasteiger partial charge in [0.1, 0.15) is 0 Å². The van der Waals surface area contributed by atoms with E-state index in [1.54, 1.807) is 6.26 Å². The second-order valence-electron chi connectivity index (χ2n) is 3.43. The van der Waals surface area contributed by atoms with E-state index in [9.17, 15) is 0 Å². The van der Waals surface area contributed by atoms with Gasteiger partial charge in [-0.1, -0.05) is 35.4 Å². The van der Waals surface area contributed by atoms with E-state index in [0.717, 1.165) is 16.9 Å². The summed E-state index contributed by atoms with van der Waals surface area (Å²) in [7, 11) is 0. The van der Waals surface area contributed by atoms with Crippen LogP contribution in [0.3, 0.4) is 0 Å². The number of aryl methyl sites for hydroxylation is 2. The van der Waals surface area contributed by atoms with Crippen LogP contribution in [0.2, 0.25) is 5.02 Å². The first-order valence-electron chi connectivity index (χ1n) is 4.49. The van der Waals surface area contributed by atoms with Crippen molar-refractivity contribution in [1.82, 2.24) is 0 Å². The lowest BCUT2D eigenvalue weighted by Crippen LogP contribution is -1.77. The summed E-state index contributed by atoms with van der Waals surface area (Å²) in [6.45, 7) is 3.98. The molecule has 0 amide bonds. The fourth-order valence-electron chi connectivity index (χ4n) is 1.41. The number of halogens is 1. The summed E-state index contributed by atoms with van der Waals surface area (Å²) in [5.41, 5.74) is 3.21. The monoisotopic (exact) mass is 206 g/mol. The lowest BCUT2D eigenvalue weighted by molar-refractivity contribution is 0.580. The molecule has 2 rings (SSSR count). The molecule has 0 N–H and O–H groups in total. The second-order valence-corrected chi connectivity index (χ2v) is 3.81. The number of hydrogen-bond donors (Lipinski definition) is 0. The molecule has 0 saturated carbocycles. The summed E-state index contributed by atoms with van der Waals surface area (Å²) in [5.74, 6) is 0.757. The molecule has 72 valence electrons. The van der Waals surface area contributed by atoms with Crippen molar-refractivity contribution in [2.24, 2.45) is 0 Å². The van der Waals surface area contributed by atoms with Crippen molar-refractivity contribution in [3.05, 3.63) is 46.7 Å². The molecule has 0 fully saturated rings. The zero-order valence-corrected chi connectivity index (χ0v) is 8.93. The molecule has 0 aliphatic heterocycles. The predicted octanol–water partition coefficient (Wildman–Crippen LogP) is 4.22. The third-order valence-electron chi connectivity index (χ3n) is 2.18. The van der Waals surface area contributed by atoms with Crippen molar-refractivity contribution >= 4 is 11.6 Å². The molecule has 0 atom stereocenters. The Morgan fingerprint density at radius 1 is 1.21 bits per heavy atom. The highest BCUT2D eigenvalue weighted by molar-refractivity contribution is 6.33. The van der Waals surface area contributed by atoms with Crippen LogP contribution in [-0.4, -0.2) is 0 Å². The number of rotatable bonds is 1. The maximum atomic E-state index is 6.10. The van der Waals surface area contributed by atoms with Crippen LogP contribution in [0.15, 0.2) is 34.9 Å². The van der Waals surface area contributed by atoms with Gasteiger partial charge in [-0.15, -0.1) is 0 Å². The van der Waals surface area contributed by atoms with Gasteiger partial charge < -0.3 is 4.42 Å². The SMILES string of the molecule is Cc1cccc(-c2occ(C)c2Cl)c1. The molecule has 0 aliphatic carbocycles. The van der Waals surface area contributed by atoms with Crippen molar-refractivity contribution in [1.29, 1.82) is 0 Å². The molecule has 0 spiro atoms. The van der Waals surface area contributed by atoms with Gasteiger partial charge >= 0.3 is 0 Å². The third kappa shape index (κ3) is 1.55. The van der Waals surface area contributed by atoms with Crippen LogP contribution in [0.25, 0.3) is 11.3 Å². The summed E-state index contributed by atoms with van der Waals surface area (Å²) < 4.78 is 5.40. The average Bonchev–Trinajstić information content (AvgIpc) is 2.48. The Hall–Kier alpha value is -1.21. The van der Waals surface area contributed by atoms with Gasteiger partial charge in [0, 0.05) is 11.1 Å². The highest BCUT2D eigenvalue weighted by atomic mass is 35.5. The van der Waals surface area contributed by atoms with Crippen LogP contribution in [0, 0.1) is 13.8 Å². The highest BCUT2D eigenvalue weighted by Crippen LogP contribution is 2.32. The molecule has 1 nitrogen and oxygen atoms in total. The number of benzene rings is 1. The summed E-state index contributed by atoms with van der Waals surface area (Å²) >= 11 is 6.10. The van der Waals surface area contributed by atoms with Crippen molar-refractivity contribution in [2.45, 2.75) is 13.8 Å². The fourth-order valence-corrected chi connectivity index (χ4v) is 1.61. The standard InChI is InChI=1S/C12H11ClO/c1-8-4-3-5-10(6-8)12-11(13)9(2)7-14-12/h3-7H,1-2H3. The van der Waals surface area contributed by atoms with Gasteiger partial charge in [0.15, 0.2) is 5.76 Å². The van der Waals surface area contributed by atoms with E-state index in [1.807, 2.05) is 32.0 Å². The van der Waals surface area contributed by atoms with Gasteiger partial charge in [-0.05, 0) is 19.9 Å². The van der Waals surface area contributed by atoms with Crippen LogP contribution in [-0.2, 0) is 0 Å². The smallest absolute Gasteiger partial charge is 0.152 e. The van der Waals surface area contributed by atoms with Crippen molar-refractivity contribution in [3.8, 4) is 11.3 Å². The molecule has 2 aromatic rings. The Kier molecular flexibility index (Phi) is 2.34. The first-order valence-corrected chi connectivity index (χ1v) is 4.87. The van der Waals surface area contributed by atoms with Crippen LogP contribution >= 0.6 is 11.6 Å². The van der Waals surface area contributed by atoms with Crippen LogP contribution in [0.4, 0.5) is 0 Å². The van der Waals surface area contributed by atoms with E-state index in [0.29, 0.717) is 5.02 Å². The van der Waals surface area contributed by atoms with Gasteiger partial charge in [0.05, 0.1) is 11.3 Å². The van der Waals surface area contributed by atoms with Gasteiger partial charge in [-0.3, -0.25) is 0 Å². The molecule has 2 heteroatoms. The summed E-state index contributed by atoms with van der Waals surface area (Å²) in [5, 5.41) is 0.704. The molecular weight excluding hydrogens is 196 g/mol. The van der Waals surface area contributed by atoms with E-state index in [4.69, 9.17) is 16.0 Å². The molecule has 0 unspecified atom stereocenters. The van der Waals surface area contributed by atoms with Gasteiger partial charge in [-0.25, -0.2) is 0 Å². The maximum Gasteiger partial charge on any atom is 0.152 e. The summed E-state index contributed by atoms with van der Waals surface area (Å²) in [4.78, 5) is 0. The van der Waals surface area contributed by atoms with Gasteiger partial charge in [0.2, 0.25) is 0 Å². The molecule has 0 bridgehead atoms. The molecule has 14 heavy (non-hydrogen) atoms. The number of furan rings is 1. The first-order chi connectivity index (χ1) is 6.68. The molecule has 0 saturated heterocycles. The summed E-state index contributed by atoms with van der Waals surface area (Å²) in [6, 6.07) is 8.10. The van der Waals surface area contributed by atoms with Gasteiger partial charge in [-0.2, -0.15) is 0 Å². The molecule has 0 aliphatic rings. The average molecular weight is 207 g/mol. The second kappa shape index (κ2) is 3.50. The molecular formula is C12H11ClO. The first kappa shape index (κ1) is 9.35. The van der Waals surface area contributed by atoms with Crippen molar-refractivity contribution in [3.63, 3.8) is 0 Å². The third-order valence-corrected chi connectivity index (χ3v) is 2.65. The Balaban J connectivity index is 2.55. The van der Waals surface area contributed by atoms with Crippen LogP contribution in [0.5, 0.6) is 0 Å². The Labute approximate surface area is 88.3 Å². The highest BCUT2D eigenvalue weighted by Gasteiger charge is 2.10. The fraction of sp³-hybridized carbons (Fsp3) is 0.167. The van der Waals surface area contributed by atoms with Crippen molar-refractivity contribution < 1.29 is 4.42 Å². The summed E-state index contributed by atoms with van der Waals surface area (Å²) in [6.07, 6.45) is 1.68. The molecule has 1 aromatic carbocycles. The van der Waals surface area contributed by atoms with Crippen LogP contribution in [0.1, 0.15) is 11.1 Å². The minimum Gasteiger partial charge on any atom is -0.462 e.